The highest BCUT2D eigenvalue weighted by Crippen LogP contribution is 2.09. The van der Waals surface area contributed by atoms with Gasteiger partial charge in [-0.1, -0.05) is 34.9 Å². The van der Waals surface area contributed by atoms with Gasteiger partial charge in [0.25, 0.3) is 5.91 Å². The molecule has 0 heterocycles. The fourth-order valence-electron chi connectivity index (χ4n) is 2.21. The zero-order chi connectivity index (χ0) is 16.1. The molecular formula is C18H20N2O2. The molecule has 2 aromatic rings. The van der Waals surface area contributed by atoms with Crippen LogP contribution in [0, 0.1) is 20.8 Å². The predicted molar refractivity (Wildman–Crippen MR) is 88.1 cm³/mol. The lowest BCUT2D eigenvalue weighted by Crippen LogP contribution is -2.32. The third kappa shape index (κ3) is 4.45. The topological polar surface area (TPSA) is 58.2 Å². The highest BCUT2D eigenvalue weighted by Gasteiger charge is 2.09. The molecule has 0 aromatic heterocycles. The molecule has 114 valence electrons. The number of benzene rings is 2. The number of hydrogen-bond acceptors (Lipinski definition) is 2. The quantitative estimate of drug-likeness (QED) is 0.911. The van der Waals surface area contributed by atoms with Crippen molar-refractivity contribution in [1.29, 1.82) is 0 Å². The van der Waals surface area contributed by atoms with Gasteiger partial charge in [-0.25, -0.2) is 0 Å². The van der Waals surface area contributed by atoms with Gasteiger partial charge in [-0.05, 0) is 45.0 Å². The fraction of sp³-hybridized carbons (Fsp3) is 0.222. The van der Waals surface area contributed by atoms with Gasteiger partial charge in [-0.2, -0.15) is 0 Å². The van der Waals surface area contributed by atoms with Crippen LogP contribution in [-0.2, 0) is 4.79 Å². The summed E-state index contributed by atoms with van der Waals surface area (Å²) in [5.41, 5.74) is 4.46. The van der Waals surface area contributed by atoms with E-state index < -0.39 is 0 Å². The van der Waals surface area contributed by atoms with Gasteiger partial charge in [0.2, 0.25) is 5.91 Å². The SMILES string of the molecule is Cc1ccc(NC(=O)CNC(=O)c2cc(C)cc(C)c2)cc1. The van der Waals surface area contributed by atoms with E-state index in [0.29, 0.717) is 5.56 Å². The Morgan fingerprint density at radius 1 is 0.864 bits per heavy atom. The van der Waals surface area contributed by atoms with Gasteiger partial charge in [-0.15, -0.1) is 0 Å². The second kappa shape index (κ2) is 6.89. The van der Waals surface area contributed by atoms with E-state index in [4.69, 9.17) is 0 Å². The van der Waals surface area contributed by atoms with Crippen molar-refractivity contribution in [2.45, 2.75) is 20.8 Å². The monoisotopic (exact) mass is 296 g/mol. The molecule has 0 saturated heterocycles. The summed E-state index contributed by atoms with van der Waals surface area (Å²) in [6.07, 6.45) is 0. The average molecular weight is 296 g/mol. The lowest BCUT2D eigenvalue weighted by molar-refractivity contribution is -0.115. The van der Waals surface area contributed by atoms with Crippen LogP contribution in [0.1, 0.15) is 27.0 Å². The van der Waals surface area contributed by atoms with Crippen molar-refractivity contribution < 1.29 is 9.59 Å². The summed E-state index contributed by atoms with van der Waals surface area (Å²) in [5.74, 6) is -0.493. The van der Waals surface area contributed by atoms with E-state index in [2.05, 4.69) is 10.6 Å². The molecule has 0 atom stereocenters. The minimum absolute atomic E-state index is 0.0559. The molecule has 2 N–H and O–H groups in total. The van der Waals surface area contributed by atoms with Gasteiger partial charge in [-0.3, -0.25) is 9.59 Å². The second-order valence-electron chi connectivity index (χ2n) is 5.47. The van der Waals surface area contributed by atoms with E-state index in [1.807, 2.05) is 51.1 Å². The number of nitrogens with one attached hydrogen (secondary N) is 2. The Balaban J connectivity index is 1.90. The van der Waals surface area contributed by atoms with Crippen LogP contribution in [0.3, 0.4) is 0 Å². The van der Waals surface area contributed by atoms with Gasteiger partial charge < -0.3 is 10.6 Å². The van der Waals surface area contributed by atoms with E-state index in [9.17, 15) is 9.59 Å². The summed E-state index contributed by atoms with van der Waals surface area (Å²) in [6, 6.07) is 13.1. The Kier molecular flexibility index (Phi) is 4.94. The van der Waals surface area contributed by atoms with Crippen molar-refractivity contribution in [2.24, 2.45) is 0 Å². The van der Waals surface area contributed by atoms with Gasteiger partial charge in [0.15, 0.2) is 0 Å². The van der Waals surface area contributed by atoms with Crippen LogP contribution < -0.4 is 10.6 Å². The normalized spacial score (nSPS) is 10.1. The van der Waals surface area contributed by atoms with Crippen LogP contribution in [0.2, 0.25) is 0 Å². The van der Waals surface area contributed by atoms with E-state index in [-0.39, 0.29) is 18.4 Å². The summed E-state index contributed by atoms with van der Waals surface area (Å²) in [4.78, 5) is 23.9. The molecule has 2 rings (SSSR count). The molecule has 0 aliphatic heterocycles. The summed E-state index contributed by atoms with van der Waals surface area (Å²) in [6.45, 7) is 5.80. The number of rotatable bonds is 4. The summed E-state index contributed by atoms with van der Waals surface area (Å²) in [5, 5.41) is 5.38. The zero-order valence-electron chi connectivity index (χ0n) is 13.1. The maximum atomic E-state index is 12.1. The zero-order valence-corrected chi connectivity index (χ0v) is 13.1. The van der Waals surface area contributed by atoms with Crippen molar-refractivity contribution in [3.05, 3.63) is 64.7 Å². The first-order valence-electron chi connectivity index (χ1n) is 7.17. The second-order valence-corrected chi connectivity index (χ2v) is 5.47. The molecule has 22 heavy (non-hydrogen) atoms. The molecule has 2 amide bonds. The minimum Gasteiger partial charge on any atom is -0.343 e. The van der Waals surface area contributed by atoms with E-state index >= 15 is 0 Å². The molecule has 0 radical (unpaired) electrons. The van der Waals surface area contributed by atoms with Crippen LogP contribution in [-0.4, -0.2) is 18.4 Å². The van der Waals surface area contributed by atoms with Crippen LogP contribution in [0.15, 0.2) is 42.5 Å². The van der Waals surface area contributed by atoms with Crippen LogP contribution in [0.4, 0.5) is 5.69 Å². The third-order valence-electron chi connectivity index (χ3n) is 3.23. The number of amides is 2. The van der Waals surface area contributed by atoms with Gasteiger partial charge in [0.1, 0.15) is 0 Å². The summed E-state index contributed by atoms with van der Waals surface area (Å²) >= 11 is 0. The fourth-order valence-corrected chi connectivity index (χ4v) is 2.21. The Morgan fingerprint density at radius 3 is 2.05 bits per heavy atom. The minimum atomic E-state index is -0.249. The van der Waals surface area contributed by atoms with Crippen LogP contribution >= 0.6 is 0 Å². The smallest absolute Gasteiger partial charge is 0.251 e. The predicted octanol–water partition coefficient (Wildman–Crippen LogP) is 2.98. The molecule has 0 spiro atoms. The number of carbonyl (C=O) groups is 2. The molecule has 0 aliphatic carbocycles. The van der Waals surface area contributed by atoms with E-state index in [0.717, 1.165) is 22.4 Å². The molecule has 0 unspecified atom stereocenters. The third-order valence-corrected chi connectivity index (χ3v) is 3.23. The van der Waals surface area contributed by atoms with Crippen molar-refractivity contribution in [2.75, 3.05) is 11.9 Å². The first-order valence-corrected chi connectivity index (χ1v) is 7.17. The molecule has 0 fully saturated rings. The molecular weight excluding hydrogens is 276 g/mol. The maximum Gasteiger partial charge on any atom is 0.251 e. The Hall–Kier alpha value is -2.62. The first kappa shape index (κ1) is 15.8. The largest absolute Gasteiger partial charge is 0.343 e. The van der Waals surface area contributed by atoms with Crippen molar-refractivity contribution in [3.8, 4) is 0 Å². The van der Waals surface area contributed by atoms with E-state index in [1.165, 1.54) is 0 Å². The van der Waals surface area contributed by atoms with Crippen molar-refractivity contribution in [3.63, 3.8) is 0 Å². The van der Waals surface area contributed by atoms with Gasteiger partial charge >= 0.3 is 0 Å². The van der Waals surface area contributed by atoms with Gasteiger partial charge in [0.05, 0.1) is 6.54 Å². The molecule has 0 saturated carbocycles. The standard InChI is InChI=1S/C18H20N2O2/c1-12-4-6-16(7-5-12)20-17(21)11-19-18(22)15-9-13(2)8-14(3)10-15/h4-10H,11H2,1-3H3,(H,19,22)(H,20,21). The number of aryl methyl sites for hydroxylation is 3. The number of carbonyl (C=O) groups excluding carboxylic acids is 2. The Labute approximate surface area is 130 Å². The first-order chi connectivity index (χ1) is 10.4. The molecule has 0 bridgehead atoms. The lowest BCUT2D eigenvalue weighted by atomic mass is 10.1. The lowest BCUT2D eigenvalue weighted by Gasteiger charge is -2.08. The number of hydrogen-bond donors (Lipinski definition) is 2. The summed E-state index contributed by atoms with van der Waals surface area (Å²) in [7, 11) is 0. The molecule has 2 aromatic carbocycles. The average Bonchev–Trinajstić information content (AvgIpc) is 2.46. The Morgan fingerprint density at radius 2 is 1.45 bits per heavy atom. The highest BCUT2D eigenvalue weighted by atomic mass is 16.2. The Bertz CT molecular complexity index is 670. The van der Waals surface area contributed by atoms with Crippen LogP contribution in [0.25, 0.3) is 0 Å². The highest BCUT2D eigenvalue weighted by molar-refractivity contribution is 5.99. The van der Waals surface area contributed by atoms with E-state index in [1.54, 1.807) is 12.1 Å². The molecule has 4 heteroatoms. The number of anilines is 1. The van der Waals surface area contributed by atoms with Crippen molar-refractivity contribution in [1.82, 2.24) is 5.32 Å². The van der Waals surface area contributed by atoms with Crippen LogP contribution in [0.5, 0.6) is 0 Å². The summed E-state index contributed by atoms with van der Waals surface area (Å²) < 4.78 is 0. The van der Waals surface area contributed by atoms with Gasteiger partial charge in [0, 0.05) is 11.3 Å². The maximum absolute atomic E-state index is 12.1. The van der Waals surface area contributed by atoms with Crippen molar-refractivity contribution >= 4 is 17.5 Å². The molecule has 0 aliphatic rings. The molecule has 4 nitrogen and oxygen atoms in total.